The molecule has 0 aliphatic heterocycles. The molecule has 2 fully saturated rings. The van der Waals surface area contributed by atoms with E-state index in [0.29, 0.717) is 11.1 Å². The van der Waals surface area contributed by atoms with Crippen LogP contribution in [-0.4, -0.2) is 34.0 Å². The Bertz CT molecular complexity index is 1320. The van der Waals surface area contributed by atoms with Crippen LogP contribution in [0.3, 0.4) is 0 Å². The van der Waals surface area contributed by atoms with E-state index in [9.17, 15) is 21.9 Å². The highest BCUT2D eigenvalue weighted by Crippen LogP contribution is 2.48. The van der Waals surface area contributed by atoms with Crippen LogP contribution in [0.4, 0.5) is 0 Å². The molecule has 0 heterocycles. The van der Waals surface area contributed by atoms with E-state index in [1.807, 2.05) is 0 Å². The zero-order valence-corrected chi connectivity index (χ0v) is 21.8. The maximum atomic E-state index is 13.1. The Kier molecular flexibility index (Phi) is 6.77. The smallest absolute Gasteiger partial charge is 0.240 e. The van der Waals surface area contributed by atoms with Gasteiger partial charge >= 0.3 is 0 Å². The fourth-order valence-electron chi connectivity index (χ4n) is 5.77. The summed E-state index contributed by atoms with van der Waals surface area (Å²) in [4.78, 5) is 0.0558. The van der Waals surface area contributed by atoms with Crippen LogP contribution in [0, 0.1) is 12.3 Å². The number of aliphatic hydroxyl groups is 1. The van der Waals surface area contributed by atoms with Crippen LogP contribution in [0.25, 0.3) is 11.1 Å². The van der Waals surface area contributed by atoms with E-state index in [1.54, 1.807) is 12.1 Å². The molecule has 0 aromatic heterocycles. The first-order chi connectivity index (χ1) is 17.1. The molecule has 9 heteroatoms. The van der Waals surface area contributed by atoms with E-state index in [4.69, 9.17) is 6.42 Å². The Hall–Kier alpha value is -2.22. The highest BCUT2D eigenvalue weighted by molar-refractivity contribution is 7.89. The minimum absolute atomic E-state index is 0.0279. The molecule has 3 N–H and O–H groups in total. The standard InChI is InChI=1S/C27H32N2O5S2/c1-2-27(30)25-17-21(35(31,32)28-19-9-5-3-6-10-19)13-15-23(25)24-16-14-22(18-26(24)27)36(33,34)29-20-11-7-4-8-12-20/h1,13-20,28-30H,3-12H2. The van der Waals surface area contributed by atoms with Gasteiger partial charge in [0.1, 0.15) is 0 Å². The minimum atomic E-state index is -3.81. The number of hydrogen-bond acceptors (Lipinski definition) is 5. The lowest BCUT2D eigenvalue weighted by Gasteiger charge is -2.24. The molecule has 0 bridgehead atoms. The van der Waals surface area contributed by atoms with Crippen LogP contribution >= 0.6 is 0 Å². The van der Waals surface area contributed by atoms with Gasteiger partial charge in [-0.2, -0.15) is 0 Å². The molecule has 3 aliphatic rings. The summed E-state index contributed by atoms with van der Waals surface area (Å²) in [6.45, 7) is 0. The zero-order chi connectivity index (χ0) is 25.6. The summed E-state index contributed by atoms with van der Waals surface area (Å²) in [5, 5.41) is 11.6. The molecule has 2 aromatic rings. The average Bonchev–Trinajstić information content (AvgIpc) is 3.13. The second kappa shape index (κ2) is 9.58. The molecule has 0 unspecified atom stereocenters. The van der Waals surface area contributed by atoms with Crippen LogP contribution < -0.4 is 9.44 Å². The van der Waals surface area contributed by atoms with Crippen molar-refractivity contribution in [3.8, 4) is 23.5 Å². The van der Waals surface area contributed by atoms with Crippen molar-refractivity contribution in [2.75, 3.05) is 0 Å². The summed E-state index contributed by atoms with van der Waals surface area (Å²) < 4.78 is 58.0. The van der Waals surface area contributed by atoms with Gasteiger partial charge in [0.25, 0.3) is 0 Å². The van der Waals surface area contributed by atoms with E-state index < -0.39 is 25.6 Å². The second-order valence-corrected chi connectivity index (χ2v) is 13.6. The fraction of sp³-hybridized carbons (Fsp3) is 0.481. The Balaban J connectivity index is 1.48. The minimum Gasteiger partial charge on any atom is -0.369 e. The number of benzene rings is 2. The summed E-state index contributed by atoms with van der Waals surface area (Å²) in [5.41, 5.74) is -0.239. The van der Waals surface area contributed by atoms with Crippen molar-refractivity contribution in [3.63, 3.8) is 0 Å². The van der Waals surface area contributed by atoms with Crippen LogP contribution in [0.5, 0.6) is 0 Å². The molecular weight excluding hydrogens is 496 g/mol. The first-order valence-electron chi connectivity index (χ1n) is 12.7. The van der Waals surface area contributed by atoms with Gasteiger partial charge in [0.15, 0.2) is 5.60 Å². The van der Waals surface area contributed by atoms with E-state index in [2.05, 4.69) is 15.4 Å². The first-order valence-corrected chi connectivity index (χ1v) is 15.6. The molecule has 5 rings (SSSR count). The Labute approximate surface area is 213 Å². The molecule has 0 radical (unpaired) electrons. The van der Waals surface area contributed by atoms with Gasteiger partial charge in [-0.3, -0.25) is 0 Å². The van der Waals surface area contributed by atoms with Crippen LogP contribution in [-0.2, 0) is 25.6 Å². The maximum absolute atomic E-state index is 13.1. The average molecular weight is 529 g/mol. The van der Waals surface area contributed by atoms with Gasteiger partial charge in [0, 0.05) is 23.2 Å². The maximum Gasteiger partial charge on any atom is 0.240 e. The van der Waals surface area contributed by atoms with Gasteiger partial charge in [-0.1, -0.05) is 56.6 Å². The zero-order valence-electron chi connectivity index (χ0n) is 20.2. The predicted octanol–water partition coefficient (Wildman–Crippen LogP) is 3.76. The lowest BCUT2D eigenvalue weighted by molar-refractivity contribution is 0.150. The lowest BCUT2D eigenvalue weighted by Crippen LogP contribution is -2.36. The first kappa shape index (κ1) is 25.4. The second-order valence-electron chi connectivity index (χ2n) is 10.2. The molecule has 2 aromatic carbocycles. The SMILES string of the molecule is C#CC1(O)c2cc(S(=O)(=O)NC3CCCCC3)ccc2-c2ccc(S(=O)(=O)NC3CCCCC3)cc21. The van der Waals surface area contributed by atoms with Crippen LogP contribution in [0.1, 0.15) is 75.3 Å². The van der Waals surface area contributed by atoms with Crippen molar-refractivity contribution in [3.05, 3.63) is 47.5 Å². The van der Waals surface area contributed by atoms with Gasteiger partial charge in [-0.15, -0.1) is 6.42 Å². The molecule has 192 valence electrons. The van der Waals surface area contributed by atoms with Crippen LogP contribution in [0.15, 0.2) is 46.2 Å². The monoisotopic (exact) mass is 528 g/mol. The molecule has 2 saturated carbocycles. The summed E-state index contributed by atoms with van der Waals surface area (Å²) in [7, 11) is -7.62. The van der Waals surface area contributed by atoms with Crippen molar-refractivity contribution < 1.29 is 21.9 Å². The van der Waals surface area contributed by atoms with Gasteiger partial charge < -0.3 is 5.11 Å². The van der Waals surface area contributed by atoms with Crippen molar-refractivity contribution in [2.45, 2.75) is 91.7 Å². The molecule has 0 amide bonds. The summed E-state index contributed by atoms with van der Waals surface area (Å²) in [5.74, 6) is 2.40. The highest BCUT2D eigenvalue weighted by Gasteiger charge is 2.42. The van der Waals surface area contributed by atoms with Gasteiger partial charge in [0.2, 0.25) is 20.0 Å². The van der Waals surface area contributed by atoms with E-state index in [-0.39, 0.29) is 33.0 Å². The number of hydrogen-bond donors (Lipinski definition) is 3. The van der Waals surface area contributed by atoms with Crippen molar-refractivity contribution in [1.29, 1.82) is 0 Å². The quantitative estimate of drug-likeness (QED) is 0.494. The highest BCUT2D eigenvalue weighted by atomic mass is 32.2. The molecule has 36 heavy (non-hydrogen) atoms. The molecule has 0 spiro atoms. The molecule has 0 atom stereocenters. The third-order valence-electron chi connectivity index (χ3n) is 7.74. The molecular formula is C27H32N2O5S2. The van der Waals surface area contributed by atoms with Gasteiger partial charge in [0.05, 0.1) is 9.79 Å². The van der Waals surface area contributed by atoms with Crippen molar-refractivity contribution in [2.24, 2.45) is 0 Å². The third kappa shape index (κ3) is 4.61. The Morgan fingerprint density at radius 1 is 0.722 bits per heavy atom. The molecule has 0 saturated heterocycles. The topological polar surface area (TPSA) is 113 Å². The lowest BCUT2D eigenvalue weighted by atomic mass is 9.92. The fourth-order valence-corrected chi connectivity index (χ4v) is 8.43. The third-order valence-corrected chi connectivity index (χ3v) is 10.8. The van der Waals surface area contributed by atoms with E-state index >= 15 is 0 Å². The summed E-state index contributed by atoms with van der Waals surface area (Å²) in [6.07, 6.45) is 15.2. The number of terminal acetylenes is 1. The van der Waals surface area contributed by atoms with Crippen molar-refractivity contribution in [1.82, 2.24) is 9.44 Å². The van der Waals surface area contributed by atoms with Gasteiger partial charge in [-0.05, 0) is 61.1 Å². The summed E-state index contributed by atoms with van der Waals surface area (Å²) in [6, 6.07) is 8.89. The van der Waals surface area contributed by atoms with E-state index in [0.717, 1.165) is 64.2 Å². The predicted molar refractivity (Wildman–Crippen MR) is 138 cm³/mol. The Morgan fingerprint density at radius 2 is 1.11 bits per heavy atom. The number of rotatable bonds is 6. The number of sulfonamides is 2. The van der Waals surface area contributed by atoms with Gasteiger partial charge in [-0.25, -0.2) is 26.3 Å². The largest absolute Gasteiger partial charge is 0.369 e. The number of fused-ring (bicyclic) bond motifs is 3. The normalized spacial score (nSPS) is 20.4. The molecule has 7 nitrogen and oxygen atoms in total. The van der Waals surface area contributed by atoms with Crippen molar-refractivity contribution >= 4 is 20.0 Å². The Morgan fingerprint density at radius 3 is 1.47 bits per heavy atom. The van der Waals surface area contributed by atoms with E-state index in [1.165, 1.54) is 24.3 Å². The molecule has 3 aliphatic carbocycles. The summed E-state index contributed by atoms with van der Waals surface area (Å²) >= 11 is 0. The van der Waals surface area contributed by atoms with Crippen LogP contribution in [0.2, 0.25) is 0 Å². The number of nitrogens with one attached hydrogen (secondary N) is 2.